The van der Waals surface area contributed by atoms with Crippen molar-refractivity contribution in [2.75, 3.05) is 5.73 Å². The summed E-state index contributed by atoms with van der Waals surface area (Å²) < 4.78 is 5.64. The molecule has 2 rings (SSSR count). The molecule has 0 amide bonds. The van der Waals surface area contributed by atoms with Crippen LogP contribution in [0.2, 0.25) is 10.0 Å². The van der Waals surface area contributed by atoms with Crippen molar-refractivity contribution in [2.45, 2.75) is 13.5 Å². The molecule has 4 heteroatoms. The van der Waals surface area contributed by atoms with E-state index in [0.29, 0.717) is 28.1 Å². The minimum absolute atomic E-state index is 0.342. The third kappa shape index (κ3) is 3.09. The predicted molar refractivity (Wildman–Crippen MR) is 76.4 cm³/mol. The molecule has 2 N–H and O–H groups in total. The SMILES string of the molecule is Cc1ccc(OCc2cc(Cl)ccc2N)c(Cl)c1. The highest BCUT2D eigenvalue weighted by atomic mass is 35.5. The zero-order chi connectivity index (χ0) is 13.1. The molecule has 0 aliphatic rings. The van der Waals surface area contributed by atoms with Crippen LogP contribution in [-0.4, -0.2) is 0 Å². The quantitative estimate of drug-likeness (QED) is 0.843. The minimum Gasteiger partial charge on any atom is -0.487 e. The van der Waals surface area contributed by atoms with Crippen molar-refractivity contribution in [2.24, 2.45) is 0 Å². The Labute approximate surface area is 116 Å². The molecule has 0 bridgehead atoms. The molecule has 0 fully saturated rings. The zero-order valence-electron chi connectivity index (χ0n) is 9.91. The van der Waals surface area contributed by atoms with Crippen LogP contribution in [0.4, 0.5) is 5.69 Å². The van der Waals surface area contributed by atoms with E-state index in [0.717, 1.165) is 11.1 Å². The molecule has 2 aromatic rings. The lowest BCUT2D eigenvalue weighted by atomic mass is 10.2. The number of hydrogen-bond donors (Lipinski definition) is 1. The van der Waals surface area contributed by atoms with E-state index in [1.165, 1.54) is 0 Å². The molecule has 2 aromatic carbocycles. The molecule has 0 aliphatic heterocycles. The second kappa shape index (κ2) is 5.51. The number of hydrogen-bond acceptors (Lipinski definition) is 2. The van der Waals surface area contributed by atoms with Crippen LogP contribution >= 0.6 is 23.2 Å². The summed E-state index contributed by atoms with van der Waals surface area (Å²) in [5.74, 6) is 0.640. The van der Waals surface area contributed by atoms with Crippen LogP contribution in [0.25, 0.3) is 0 Å². The predicted octanol–water partition coefficient (Wildman–Crippen LogP) is 4.46. The standard InChI is InChI=1S/C14H13Cl2NO/c1-9-2-5-14(12(16)6-9)18-8-10-7-11(15)3-4-13(10)17/h2-7H,8,17H2,1H3. The molecule has 0 unspecified atom stereocenters. The van der Waals surface area contributed by atoms with Crippen molar-refractivity contribution in [3.05, 3.63) is 57.6 Å². The third-order valence-electron chi connectivity index (χ3n) is 2.58. The maximum Gasteiger partial charge on any atom is 0.138 e. The van der Waals surface area contributed by atoms with E-state index in [1.54, 1.807) is 18.2 Å². The number of aryl methyl sites for hydroxylation is 1. The van der Waals surface area contributed by atoms with Gasteiger partial charge in [0, 0.05) is 16.3 Å². The molecule has 0 radical (unpaired) electrons. The van der Waals surface area contributed by atoms with E-state index in [9.17, 15) is 0 Å². The molecule has 0 aliphatic carbocycles. The van der Waals surface area contributed by atoms with E-state index >= 15 is 0 Å². The minimum atomic E-state index is 0.342. The molecular formula is C14H13Cl2NO. The molecule has 2 nitrogen and oxygen atoms in total. The molecular weight excluding hydrogens is 269 g/mol. The molecule has 0 heterocycles. The van der Waals surface area contributed by atoms with Gasteiger partial charge in [-0.15, -0.1) is 0 Å². The van der Waals surface area contributed by atoms with Crippen molar-refractivity contribution < 1.29 is 4.74 Å². The molecule has 0 saturated carbocycles. The molecule has 94 valence electrons. The fraction of sp³-hybridized carbons (Fsp3) is 0.143. The summed E-state index contributed by atoms with van der Waals surface area (Å²) in [7, 11) is 0. The topological polar surface area (TPSA) is 35.2 Å². The van der Waals surface area contributed by atoms with E-state index in [-0.39, 0.29) is 0 Å². The first-order valence-electron chi connectivity index (χ1n) is 5.49. The van der Waals surface area contributed by atoms with Gasteiger partial charge in [-0.05, 0) is 42.8 Å². The highest BCUT2D eigenvalue weighted by Crippen LogP contribution is 2.27. The molecule has 0 atom stereocenters. The van der Waals surface area contributed by atoms with Gasteiger partial charge in [-0.2, -0.15) is 0 Å². The Balaban J connectivity index is 2.13. The fourth-order valence-corrected chi connectivity index (χ4v) is 2.06. The lowest BCUT2D eigenvalue weighted by Gasteiger charge is -2.10. The average molecular weight is 282 g/mol. The smallest absolute Gasteiger partial charge is 0.138 e. The molecule has 0 aromatic heterocycles. The van der Waals surface area contributed by atoms with Crippen LogP contribution in [0.3, 0.4) is 0 Å². The van der Waals surface area contributed by atoms with Gasteiger partial charge in [0.1, 0.15) is 12.4 Å². The number of halogens is 2. The Hall–Kier alpha value is -1.38. The second-order valence-electron chi connectivity index (χ2n) is 4.07. The normalized spacial score (nSPS) is 10.4. The highest BCUT2D eigenvalue weighted by Gasteiger charge is 2.05. The van der Waals surface area contributed by atoms with Gasteiger partial charge in [-0.1, -0.05) is 29.3 Å². The maximum atomic E-state index is 6.08. The largest absolute Gasteiger partial charge is 0.487 e. The number of rotatable bonds is 3. The van der Waals surface area contributed by atoms with Gasteiger partial charge in [-0.25, -0.2) is 0 Å². The van der Waals surface area contributed by atoms with E-state index < -0.39 is 0 Å². The van der Waals surface area contributed by atoms with Crippen molar-refractivity contribution in [3.8, 4) is 5.75 Å². The summed E-state index contributed by atoms with van der Waals surface area (Å²) in [5.41, 5.74) is 8.44. The van der Waals surface area contributed by atoms with Crippen LogP contribution in [0.15, 0.2) is 36.4 Å². The second-order valence-corrected chi connectivity index (χ2v) is 4.91. The summed E-state index contributed by atoms with van der Waals surface area (Å²) in [4.78, 5) is 0. The van der Waals surface area contributed by atoms with E-state index in [4.69, 9.17) is 33.7 Å². The van der Waals surface area contributed by atoms with E-state index in [1.807, 2.05) is 25.1 Å². The van der Waals surface area contributed by atoms with Crippen LogP contribution < -0.4 is 10.5 Å². The lowest BCUT2D eigenvalue weighted by molar-refractivity contribution is 0.307. The first-order valence-corrected chi connectivity index (χ1v) is 6.24. The van der Waals surface area contributed by atoms with Gasteiger partial charge < -0.3 is 10.5 Å². The van der Waals surface area contributed by atoms with Gasteiger partial charge in [0.15, 0.2) is 0 Å². The maximum absolute atomic E-state index is 6.08. The molecule has 18 heavy (non-hydrogen) atoms. The Kier molecular flexibility index (Phi) is 4.00. The van der Waals surface area contributed by atoms with Gasteiger partial charge in [0.2, 0.25) is 0 Å². The monoisotopic (exact) mass is 281 g/mol. The van der Waals surface area contributed by atoms with Crippen LogP contribution in [-0.2, 0) is 6.61 Å². The third-order valence-corrected chi connectivity index (χ3v) is 3.11. The number of benzene rings is 2. The number of nitrogen functional groups attached to an aromatic ring is 1. The summed E-state index contributed by atoms with van der Waals surface area (Å²) in [6, 6.07) is 11.0. The zero-order valence-corrected chi connectivity index (χ0v) is 11.4. The first kappa shape index (κ1) is 13.1. The number of ether oxygens (including phenoxy) is 1. The Bertz CT molecular complexity index is 570. The van der Waals surface area contributed by atoms with Crippen molar-refractivity contribution >= 4 is 28.9 Å². The molecule has 0 saturated heterocycles. The van der Waals surface area contributed by atoms with Crippen molar-refractivity contribution in [3.63, 3.8) is 0 Å². The Morgan fingerprint density at radius 2 is 1.89 bits per heavy atom. The van der Waals surface area contributed by atoms with E-state index in [2.05, 4.69) is 0 Å². The lowest BCUT2D eigenvalue weighted by Crippen LogP contribution is -2.00. The number of anilines is 1. The first-order chi connectivity index (χ1) is 8.56. The van der Waals surface area contributed by atoms with Gasteiger partial charge >= 0.3 is 0 Å². The molecule has 0 spiro atoms. The van der Waals surface area contributed by atoms with Gasteiger partial charge in [0.05, 0.1) is 5.02 Å². The van der Waals surface area contributed by atoms with Crippen molar-refractivity contribution in [1.29, 1.82) is 0 Å². The summed E-state index contributed by atoms with van der Waals surface area (Å²) in [5, 5.41) is 1.23. The van der Waals surface area contributed by atoms with Crippen molar-refractivity contribution in [1.82, 2.24) is 0 Å². The van der Waals surface area contributed by atoms with Gasteiger partial charge in [-0.3, -0.25) is 0 Å². The Morgan fingerprint density at radius 1 is 1.11 bits per heavy atom. The number of nitrogens with two attached hydrogens (primary N) is 1. The Morgan fingerprint density at radius 3 is 2.61 bits per heavy atom. The van der Waals surface area contributed by atoms with Crippen LogP contribution in [0.5, 0.6) is 5.75 Å². The highest BCUT2D eigenvalue weighted by molar-refractivity contribution is 6.32. The van der Waals surface area contributed by atoms with Crippen LogP contribution in [0, 0.1) is 6.92 Å². The summed E-state index contributed by atoms with van der Waals surface area (Å²) in [6.07, 6.45) is 0. The van der Waals surface area contributed by atoms with Crippen LogP contribution in [0.1, 0.15) is 11.1 Å². The average Bonchev–Trinajstić information content (AvgIpc) is 2.32. The fourth-order valence-electron chi connectivity index (χ4n) is 1.58. The summed E-state index contributed by atoms with van der Waals surface area (Å²) >= 11 is 12.0. The van der Waals surface area contributed by atoms with Gasteiger partial charge in [0.25, 0.3) is 0 Å². The summed E-state index contributed by atoms with van der Waals surface area (Å²) in [6.45, 7) is 2.32.